The van der Waals surface area contributed by atoms with Crippen molar-refractivity contribution >= 4 is 5.97 Å². The number of rotatable bonds is 7. The van der Waals surface area contributed by atoms with E-state index in [-0.39, 0.29) is 12.1 Å². The molecule has 0 amide bonds. The average Bonchev–Trinajstić information content (AvgIpc) is 2.42. The maximum absolute atomic E-state index is 11.0. The molecule has 0 radical (unpaired) electrons. The second-order valence-corrected chi connectivity index (χ2v) is 3.74. The first-order valence-corrected chi connectivity index (χ1v) is 5.79. The van der Waals surface area contributed by atoms with Crippen LogP contribution in [0.2, 0.25) is 0 Å². The van der Waals surface area contributed by atoms with Gasteiger partial charge in [-0.1, -0.05) is 36.4 Å². The number of carbonyl (C=O) groups excluding carboxylic acids is 1. The van der Waals surface area contributed by atoms with E-state index < -0.39 is 0 Å². The maximum Gasteiger partial charge on any atom is 0.330 e. The van der Waals surface area contributed by atoms with Gasteiger partial charge in [0.05, 0.1) is 19.8 Å². The van der Waals surface area contributed by atoms with Crippen LogP contribution in [0.15, 0.2) is 55.1 Å². The van der Waals surface area contributed by atoms with Crippen molar-refractivity contribution in [2.24, 2.45) is 0 Å². The van der Waals surface area contributed by atoms with Gasteiger partial charge in [-0.2, -0.15) is 0 Å². The maximum atomic E-state index is 11.0. The van der Waals surface area contributed by atoms with Crippen molar-refractivity contribution in [3.8, 4) is 0 Å². The molecule has 1 aromatic carbocycles. The summed E-state index contributed by atoms with van der Waals surface area (Å²) in [5.41, 5.74) is 1.10. The van der Waals surface area contributed by atoms with Gasteiger partial charge >= 0.3 is 5.97 Å². The Bertz CT molecular complexity index is 395. The molecule has 0 aliphatic carbocycles. The van der Waals surface area contributed by atoms with E-state index in [1.165, 1.54) is 13.2 Å². The fraction of sp³-hybridized carbons (Fsp3) is 0.267. The molecule has 0 saturated heterocycles. The molecule has 3 nitrogen and oxygen atoms in total. The molecule has 3 heteroatoms. The molecule has 0 bridgehead atoms. The van der Waals surface area contributed by atoms with Gasteiger partial charge in [-0.05, 0) is 18.1 Å². The predicted octanol–water partition coefficient (Wildman–Crippen LogP) is 2.88. The minimum Gasteiger partial charge on any atom is -0.466 e. The molecule has 18 heavy (non-hydrogen) atoms. The van der Waals surface area contributed by atoms with E-state index in [0.29, 0.717) is 13.0 Å². The van der Waals surface area contributed by atoms with Crippen LogP contribution >= 0.6 is 0 Å². The molecule has 1 atom stereocenters. The molecule has 0 unspecified atom stereocenters. The second kappa shape index (κ2) is 8.25. The van der Waals surface area contributed by atoms with Gasteiger partial charge in [-0.25, -0.2) is 4.79 Å². The summed E-state index contributed by atoms with van der Waals surface area (Å²) in [6.45, 7) is 4.18. The number of hydrogen-bond acceptors (Lipinski definition) is 3. The zero-order valence-electron chi connectivity index (χ0n) is 10.5. The van der Waals surface area contributed by atoms with E-state index in [2.05, 4.69) is 11.3 Å². The molecule has 0 heterocycles. The van der Waals surface area contributed by atoms with Crippen LogP contribution in [0.4, 0.5) is 0 Å². The summed E-state index contributed by atoms with van der Waals surface area (Å²) in [7, 11) is 1.35. The van der Waals surface area contributed by atoms with Crippen LogP contribution in [-0.2, 0) is 20.9 Å². The van der Waals surface area contributed by atoms with Crippen LogP contribution in [0.3, 0.4) is 0 Å². The van der Waals surface area contributed by atoms with Gasteiger partial charge in [0.1, 0.15) is 0 Å². The minimum atomic E-state index is -0.382. The topological polar surface area (TPSA) is 35.5 Å². The molecule has 0 aliphatic rings. The molecule has 96 valence electrons. The lowest BCUT2D eigenvalue weighted by Crippen LogP contribution is -2.10. The highest BCUT2D eigenvalue weighted by molar-refractivity contribution is 5.81. The lowest BCUT2D eigenvalue weighted by atomic mass is 10.2. The number of benzene rings is 1. The summed E-state index contributed by atoms with van der Waals surface area (Å²) in [6.07, 6.45) is 5.31. The van der Waals surface area contributed by atoms with Gasteiger partial charge in [-0.3, -0.25) is 0 Å². The van der Waals surface area contributed by atoms with Crippen molar-refractivity contribution in [2.75, 3.05) is 7.11 Å². The van der Waals surface area contributed by atoms with E-state index in [1.807, 2.05) is 30.3 Å². The Labute approximate surface area is 108 Å². The van der Waals surface area contributed by atoms with Crippen molar-refractivity contribution in [1.82, 2.24) is 0 Å². The molecule has 0 aromatic heterocycles. The standard InChI is InChI=1S/C15H18O3/c1-3-7-14(10-11-15(16)17-2)18-12-13-8-5-4-6-9-13/h3-6,8-11,14H,1,7,12H2,2H3/b11-10+/t14-/m0/s1. The lowest BCUT2D eigenvalue weighted by Gasteiger charge is -2.12. The highest BCUT2D eigenvalue weighted by Crippen LogP contribution is 2.07. The van der Waals surface area contributed by atoms with Crippen LogP contribution in [-0.4, -0.2) is 19.2 Å². The third kappa shape index (κ3) is 5.46. The average molecular weight is 246 g/mol. The van der Waals surface area contributed by atoms with E-state index >= 15 is 0 Å². The van der Waals surface area contributed by atoms with Gasteiger partial charge in [-0.15, -0.1) is 6.58 Å². The molecule has 0 N–H and O–H groups in total. The fourth-order valence-corrected chi connectivity index (χ4v) is 1.40. The van der Waals surface area contributed by atoms with Crippen molar-refractivity contribution in [3.63, 3.8) is 0 Å². The molecule has 1 rings (SSSR count). The zero-order chi connectivity index (χ0) is 13.2. The lowest BCUT2D eigenvalue weighted by molar-refractivity contribution is -0.134. The third-order valence-electron chi connectivity index (χ3n) is 2.35. The van der Waals surface area contributed by atoms with Crippen LogP contribution in [0, 0.1) is 0 Å². The van der Waals surface area contributed by atoms with Crippen molar-refractivity contribution < 1.29 is 14.3 Å². The Kier molecular flexibility index (Phi) is 6.51. The van der Waals surface area contributed by atoms with Crippen LogP contribution < -0.4 is 0 Å². The van der Waals surface area contributed by atoms with Crippen molar-refractivity contribution in [1.29, 1.82) is 0 Å². The first kappa shape index (κ1) is 14.2. The van der Waals surface area contributed by atoms with E-state index in [0.717, 1.165) is 5.56 Å². The molecule has 0 saturated carbocycles. The summed E-state index contributed by atoms with van der Waals surface area (Å²) in [5, 5.41) is 0. The van der Waals surface area contributed by atoms with Crippen LogP contribution in [0.25, 0.3) is 0 Å². The summed E-state index contributed by atoms with van der Waals surface area (Å²) in [5.74, 6) is -0.382. The highest BCUT2D eigenvalue weighted by atomic mass is 16.5. The smallest absolute Gasteiger partial charge is 0.330 e. The molecule has 0 spiro atoms. The van der Waals surface area contributed by atoms with E-state index in [9.17, 15) is 4.79 Å². The molecule has 1 aromatic rings. The summed E-state index contributed by atoms with van der Waals surface area (Å²) in [4.78, 5) is 11.0. The first-order valence-electron chi connectivity index (χ1n) is 5.79. The Morgan fingerprint density at radius 1 is 1.39 bits per heavy atom. The molecular weight excluding hydrogens is 228 g/mol. The third-order valence-corrected chi connectivity index (χ3v) is 2.35. The highest BCUT2D eigenvalue weighted by Gasteiger charge is 2.04. The monoisotopic (exact) mass is 246 g/mol. The predicted molar refractivity (Wildman–Crippen MR) is 71.0 cm³/mol. The first-order chi connectivity index (χ1) is 8.76. The van der Waals surface area contributed by atoms with Crippen LogP contribution in [0.5, 0.6) is 0 Å². The van der Waals surface area contributed by atoms with Crippen molar-refractivity contribution in [3.05, 3.63) is 60.7 Å². The Hall–Kier alpha value is -1.87. The minimum absolute atomic E-state index is 0.165. The van der Waals surface area contributed by atoms with E-state index in [4.69, 9.17) is 4.74 Å². The summed E-state index contributed by atoms with van der Waals surface area (Å²) in [6, 6.07) is 9.88. The number of carbonyl (C=O) groups is 1. The van der Waals surface area contributed by atoms with Gasteiger partial charge in [0.15, 0.2) is 0 Å². The van der Waals surface area contributed by atoms with Gasteiger partial charge in [0, 0.05) is 6.08 Å². The Morgan fingerprint density at radius 3 is 2.72 bits per heavy atom. The number of methoxy groups -OCH3 is 1. The van der Waals surface area contributed by atoms with Gasteiger partial charge < -0.3 is 9.47 Å². The molecular formula is C15H18O3. The summed E-state index contributed by atoms with van der Waals surface area (Å²) < 4.78 is 10.2. The quantitative estimate of drug-likeness (QED) is 0.421. The fourth-order valence-electron chi connectivity index (χ4n) is 1.40. The Balaban J connectivity index is 2.50. The summed E-state index contributed by atoms with van der Waals surface area (Å²) >= 11 is 0. The SMILES string of the molecule is C=CC[C@@H](/C=C/C(=O)OC)OCc1ccccc1. The zero-order valence-corrected chi connectivity index (χ0v) is 10.5. The number of ether oxygens (including phenoxy) is 2. The molecule has 0 aliphatic heterocycles. The van der Waals surface area contributed by atoms with Crippen LogP contribution in [0.1, 0.15) is 12.0 Å². The largest absolute Gasteiger partial charge is 0.466 e. The normalized spacial score (nSPS) is 12.3. The second-order valence-electron chi connectivity index (χ2n) is 3.74. The number of hydrogen-bond donors (Lipinski definition) is 0. The van der Waals surface area contributed by atoms with E-state index in [1.54, 1.807) is 12.2 Å². The molecule has 0 fully saturated rings. The van der Waals surface area contributed by atoms with Gasteiger partial charge in [0.25, 0.3) is 0 Å². The Morgan fingerprint density at radius 2 is 2.11 bits per heavy atom. The van der Waals surface area contributed by atoms with Gasteiger partial charge in [0.2, 0.25) is 0 Å². The number of esters is 1. The van der Waals surface area contributed by atoms with Crippen molar-refractivity contribution in [2.45, 2.75) is 19.1 Å².